The minimum Gasteiger partial charge on any atom is -0.366 e. The SMILES string of the molecule is C=C(C(N)=O)c1cccc(-c2nc(-c3cnn(C)c3)cn3nccc23)c1. The predicted molar refractivity (Wildman–Crippen MR) is 98.9 cm³/mol. The van der Waals surface area contributed by atoms with Crippen molar-refractivity contribution in [2.45, 2.75) is 0 Å². The highest BCUT2D eigenvalue weighted by molar-refractivity contribution is 6.18. The van der Waals surface area contributed by atoms with Crippen LogP contribution in [0.4, 0.5) is 0 Å². The molecule has 0 saturated carbocycles. The summed E-state index contributed by atoms with van der Waals surface area (Å²) in [5.41, 5.74) is 10.4. The largest absolute Gasteiger partial charge is 0.366 e. The minimum absolute atomic E-state index is 0.264. The third kappa shape index (κ3) is 2.65. The van der Waals surface area contributed by atoms with E-state index in [-0.39, 0.29) is 5.57 Å². The van der Waals surface area contributed by atoms with Crippen LogP contribution in [0.2, 0.25) is 0 Å². The summed E-state index contributed by atoms with van der Waals surface area (Å²) in [4.78, 5) is 16.3. The number of primary amides is 1. The van der Waals surface area contributed by atoms with Gasteiger partial charge < -0.3 is 5.73 Å². The number of nitrogens with two attached hydrogens (primary N) is 1. The second-order valence-corrected chi connectivity index (χ2v) is 5.96. The summed E-state index contributed by atoms with van der Waals surface area (Å²) >= 11 is 0. The van der Waals surface area contributed by atoms with Gasteiger partial charge in [-0.3, -0.25) is 9.48 Å². The first-order valence-corrected chi connectivity index (χ1v) is 7.96. The van der Waals surface area contributed by atoms with Crippen molar-refractivity contribution in [2.75, 3.05) is 0 Å². The maximum atomic E-state index is 11.4. The van der Waals surface area contributed by atoms with Crippen LogP contribution in [0, 0.1) is 0 Å². The van der Waals surface area contributed by atoms with Gasteiger partial charge in [-0.2, -0.15) is 10.2 Å². The summed E-state index contributed by atoms with van der Waals surface area (Å²) < 4.78 is 3.50. The smallest absolute Gasteiger partial charge is 0.248 e. The van der Waals surface area contributed by atoms with Crippen molar-refractivity contribution < 1.29 is 4.79 Å². The fraction of sp³-hybridized carbons (Fsp3) is 0.0526. The molecule has 0 aliphatic rings. The quantitative estimate of drug-likeness (QED) is 0.575. The molecule has 0 fully saturated rings. The van der Waals surface area contributed by atoms with Gasteiger partial charge in [-0.25, -0.2) is 9.50 Å². The van der Waals surface area contributed by atoms with E-state index in [4.69, 9.17) is 10.7 Å². The van der Waals surface area contributed by atoms with Crippen molar-refractivity contribution in [2.24, 2.45) is 12.8 Å². The van der Waals surface area contributed by atoms with Crippen molar-refractivity contribution >= 4 is 17.0 Å². The van der Waals surface area contributed by atoms with Gasteiger partial charge in [0.15, 0.2) is 0 Å². The average molecular weight is 344 g/mol. The Hall–Kier alpha value is -3.74. The van der Waals surface area contributed by atoms with E-state index in [1.165, 1.54) is 0 Å². The van der Waals surface area contributed by atoms with Crippen LogP contribution in [-0.4, -0.2) is 30.3 Å². The molecule has 1 aromatic carbocycles. The van der Waals surface area contributed by atoms with Crippen LogP contribution >= 0.6 is 0 Å². The standard InChI is InChI=1S/C19H16N6O/c1-12(19(20)26)13-4-3-5-14(8-13)18-17-6-7-21-25(17)11-16(23-18)15-9-22-24(2)10-15/h3-11H,1H2,2H3,(H2,20,26). The fourth-order valence-electron chi connectivity index (χ4n) is 2.83. The maximum absolute atomic E-state index is 11.4. The number of carbonyl (C=O) groups excluding carboxylic acids is 1. The molecule has 26 heavy (non-hydrogen) atoms. The molecule has 0 atom stereocenters. The van der Waals surface area contributed by atoms with Crippen LogP contribution in [0.3, 0.4) is 0 Å². The van der Waals surface area contributed by atoms with Crippen LogP contribution in [0.1, 0.15) is 5.56 Å². The first-order valence-electron chi connectivity index (χ1n) is 7.96. The summed E-state index contributed by atoms with van der Waals surface area (Å²) in [5.74, 6) is -0.547. The lowest BCUT2D eigenvalue weighted by Gasteiger charge is -2.09. The monoisotopic (exact) mass is 344 g/mol. The Balaban J connectivity index is 1.91. The normalized spacial score (nSPS) is 11.0. The molecule has 2 N–H and O–H groups in total. The Morgan fingerprint density at radius 3 is 2.73 bits per heavy atom. The molecule has 1 amide bonds. The molecule has 0 bridgehead atoms. The molecule has 4 aromatic rings. The van der Waals surface area contributed by atoms with Crippen molar-refractivity contribution in [3.8, 4) is 22.5 Å². The number of fused-ring (bicyclic) bond motifs is 1. The van der Waals surface area contributed by atoms with Crippen LogP contribution in [0.15, 0.2) is 61.7 Å². The average Bonchev–Trinajstić information content (AvgIpc) is 3.28. The number of aromatic nitrogens is 5. The van der Waals surface area contributed by atoms with Gasteiger partial charge in [-0.1, -0.05) is 24.8 Å². The third-order valence-electron chi connectivity index (χ3n) is 4.17. The van der Waals surface area contributed by atoms with E-state index in [0.717, 1.165) is 28.0 Å². The van der Waals surface area contributed by atoms with Crippen LogP contribution < -0.4 is 5.73 Å². The molecule has 0 radical (unpaired) electrons. The Morgan fingerprint density at radius 2 is 2.00 bits per heavy atom. The second-order valence-electron chi connectivity index (χ2n) is 5.96. The molecule has 7 heteroatoms. The molecule has 0 aliphatic carbocycles. The zero-order chi connectivity index (χ0) is 18.3. The molecular formula is C19H16N6O. The van der Waals surface area contributed by atoms with Gasteiger partial charge in [0, 0.05) is 29.9 Å². The van der Waals surface area contributed by atoms with E-state index in [9.17, 15) is 4.79 Å². The van der Waals surface area contributed by atoms with Gasteiger partial charge in [0.2, 0.25) is 5.91 Å². The predicted octanol–water partition coefficient (Wildman–Crippen LogP) is 2.30. The van der Waals surface area contributed by atoms with Crippen LogP contribution in [0.25, 0.3) is 33.6 Å². The van der Waals surface area contributed by atoms with Crippen molar-refractivity contribution in [3.05, 3.63) is 67.3 Å². The first-order chi connectivity index (χ1) is 12.5. The molecule has 7 nitrogen and oxygen atoms in total. The zero-order valence-corrected chi connectivity index (χ0v) is 14.1. The summed E-state index contributed by atoms with van der Waals surface area (Å²) in [6, 6.07) is 9.33. The summed E-state index contributed by atoms with van der Waals surface area (Å²) in [6.45, 7) is 3.76. The Morgan fingerprint density at radius 1 is 1.15 bits per heavy atom. The molecular weight excluding hydrogens is 328 g/mol. The van der Waals surface area contributed by atoms with E-state index in [2.05, 4.69) is 16.8 Å². The van der Waals surface area contributed by atoms with E-state index >= 15 is 0 Å². The van der Waals surface area contributed by atoms with Gasteiger partial charge >= 0.3 is 0 Å². The number of nitrogens with zero attached hydrogens (tertiary/aromatic N) is 5. The van der Waals surface area contributed by atoms with Crippen molar-refractivity contribution in [1.82, 2.24) is 24.4 Å². The third-order valence-corrected chi connectivity index (χ3v) is 4.17. The Labute approximate surface area is 149 Å². The molecule has 4 rings (SSSR count). The highest BCUT2D eigenvalue weighted by atomic mass is 16.1. The van der Waals surface area contributed by atoms with Crippen LogP contribution in [-0.2, 0) is 11.8 Å². The fourth-order valence-corrected chi connectivity index (χ4v) is 2.83. The van der Waals surface area contributed by atoms with Crippen molar-refractivity contribution in [3.63, 3.8) is 0 Å². The number of benzene rings is 1. The summed E-state index contributed by atoms with van der Waals surface area (Å²) in [5, 5.41) is 8.55. The minimum atomic E-state index is -0.547. The van der Waals surface area contributed by atoms with E-state index in [0.29, 0.717) is 5.56 Å². The topological polar surface area (TPSA) is 91.1 Å². The number of aryl methyl sites for hydroxylation is 1. The van der Waals surface area contributed by atoms with Gasteiger partial charge in [0.1, 0.15) is 0 Å². The zero-order valence-electron chi connectivity index (χ0n) is 14.1. The van der Waals surface area contributed by atoms with Gasteiger partial charge in [-0.15, -0.1) is 0 Å². The highest BCUT2D eigenvalue weighted by Crippen LogP contribution is 2.28. The summed E-state index contributed by atoms with van der Waals surface area (Å²) in [7, 11) is 1.86. The Kier molecular flexibility index (Phi) is 3.62. The Bertz CT molecular complexity index is 1150. The van der Waals surface area contributed by atoms with Gasteiger partial charge in [0.05, 0.1) is 35.5 Å². The van der Waals surface area contributed by atoms with Crippen LogP contribution in [0.5, 0.6) is 0 Å². The molecule has 0 aliphatic heterocycles. The number of carbonyl (C=O) groups is 1. The number of rotatable bonds is 4. The van der Waals surface area contributed by atoms with Gasteiger partial charge in [0.25, 0.3) is 0 Å². The van der Waals surface area contributed by atoms with E-state index in [1.54, 1.807) is 27.7 Å². The van der Waals surface area contributed by atoms with E-state index < -0.39 is 5.91 Å². The number of hydrogen-bond acceptors (Lipinski definition) is 4. The first kappa shape index (κ1) is 15.8. The second kappa shape index (κ2) is 5.96. The number of hydrogen-bond donors (Lipinski definition) is 1. The lowest BCUT2D eigenvalue weighted by atomic mass is 10.0. The lowest BCUT2D eigenvalue weighted by molar-refractivity contribution is -0.112. The molecule has 0 unspecified atom stereocenters. The molecule has 128 valence electrons. The molecule has 3 aromatic heterocycles. The van der Waals surface area contributed by atoms with Crippen molar-refractivity contribution in [1.29, 1.82) is 0 Å². The number of amides is 1. The molecule has 0 saturated heterocycles. The maximum Gasteiger partial charge on any atom is 0.248 e. The molecule has 3 heterocycles. The summed E-state index contributed by atoms with van der Waals surface area (Å²) in [6.07, 6.45) is 7.24. The lowest BCUT2D eigenvalue weighted by Crippen LogP contribution is -2.11. The van der Waals surface area contributed by atoms with Gasteiger partial charge in [-0.05, 0) is 17.7 Å². The molecule has 0 spiro atoms. The highest BCUT2D eigenvalue weighted by Gasteiger charge is 2.13. The van der Waals surface area contributed by atoms with E-state index in [1.807, 2.05) is 43.7 Å².